The normalized spacial score (nSPS) is 15.1. The number of ether oxygens (including phenoxy) is 2. The molecule has 1 aliphatic heterocycles. The molecule has 0 spiro atoms. The Hall–Kier alpha value is -3.17. The van der Waals surface area contributed by atoms with Gasteiger partial charge in [-0.05, 0) is 43.9 Å². The third kappa shape index (κ3) is 5.66. The summed E-state index contributed by atoms with van der Waals surface area (Å²) in [6.07, 6.45) is 4.82. The van der Waals surface area contributed by atoms with Crippen LogP contribution in [0.5, 0.6) is 0 Å². The summed E-state index contributed by atoms with van der Waals surface area (Å²) in [6.45, 7) is 3.16. The van der Waals surface area contributed by atoms with Crippen LogP contribution in [-0.4, -0.2) is 49.9 Å². The van der Waals surface area contributed by atoms with E-state index in [4.69, 9.17) is 21.1 Å². The highest BCUT2D eigenvalue weighted by molar-refractivity contribution is 6.30. The van der Waals surface area contributed by atoms with Crippen LogP contribution in [-0.2, 0) is 27.7 Å². The molecule has 1 aliphatic rings. The Kier molecular flexibility index (Phi) is 7.64. The van der Waals surface area contributed by atoms with E-state index in [0.29, 0.717) is 58.9 Å². The molecule has 178 valence electrons. The molecular formula is C24H26ClN5O4. The number of hydrogen-bond donors (Lipinski definition) is 0. The van der Waals surface area contributed by atoms with E-state index in [1.54, 1.807) is 50.6 Å². The zero-order valence-electron chi connectivity index (χ0n) is 19.1. The van der Waals surface area contributed by atoms with Crippen LogP contribution < -0.4 is 0 Å². The van der Waals surface area contributed by atoms with Crippen molar-refractivity contribution >= 4 is 23.4 Å². The highest BCUT2D eigenvalue weighted by Crippen LogP contribution is 2.26. The summed E-state index contributed by atoms with van der Waals surface area (Å²) in [6, 6.07) is 6.97. The zero-order valence-corrected chi connectivity index (χ0v) is 19.9. The minimum Gasteiger partial charge on any atom is -0.457 e. The number of carbonyl (C=O) groups is 2. The van der Waals surface area contributed by atoms with Gasteiger partial charge >= 0.3 is 5.97 Å². The summed E-state index contributed by atoms with van der Waals surface area (Å²) in [5.41, 5.74) is 2.74. The second-order valence-electron chi connectivity index (χ2n) is 8.32. The SMILES string of the molecule is C[C@@H](OC(=O)Cc1c(-c2ccc(C(=O)CC3CCOCC3)cn2)nnn1C)c1cccnc1Cl. The first-order valence-corrected chi connectivity index (χ1v) is 11.6. The number of nitrogens with zero attached hydrogens (tertiary/aromatic N) is 5. The van der Waals surface area contributed by atoms with Crippen molar-refractivity contribution in [2.75, 3.05) is 13.2 Å². The van der Waals surface area contributed by atoms with Crippen LogP contribution in [0.4, 0.5) is 0 Å². The van der Waals surface area contributed by atoms with Crippen LogP contribution in [0.3, 0.4) is 0 Å². The summed E-state index contributed by atoms with van der Waals surface area (Å²) in [5, 5.41) is 8.51. The Labute approximate surface area is 202 Å². The van der Waals surface area contributed by atoms with Crippen LogP contribution in [0.15, 0.2) is 36.7 Å². The van der Waals surface area contributed by atoms with Gasteiger partial charge in [-0.2, -0.15) is 0 Å². The monoisotopic (exact) mass is 483 g/mol. The maximum absolute atomic E-state index is 12.6. The summed E-state index contributed by atoms with van der Waals surface area (Å²) in [5.74, 6) is -0.0400. The van der Waals surface area contributed by atoms with E-state index in [2.05, 4.69) is 20.3 Å². The van der Waals surface area contributed by atoms with Crippen LogP contribution in [0.1, 0.15) is 53.9 Å². The number of hydrogen-bond acceptors (Lipinski definition) is 8. The predicted octanol–water partition coefficient (Wildman–Crippen LogP) is 3.77. The summed E-state index contributed by atoms with van der Waals surface area (Å²) >= 11 is 6.10. The van der Waals surface area contributed by atoms with Crippen LogP contribution in [0, 0.1) is 5.92 Å². The number of pyridine rings is 2. The van der Waals surface area contributed by atoms with Crippen molar-refractivity contribution in [2.45, 2.75) is 38.7 Å². The van der Waals surface area contributed by atoms with E-state index in [1.807, 2.05) is 0 Å². The average Bonchev–Trinajstić information content (AvgIpc) is 3.19. The summed E-state index contributed by atoms with van der Waals surface area (Å²) in [7, 11) is 1.70. The van der Waals surface area contributed by atoms with E-state index in [0.717, 1.165) is 12.8 Å². The van der Waals surface area contributed by atoms with Crippen molar-refractivity contribution in [1.29, 1.82) is 0 Å². The fourth-order valence-electron chi connectivity index (χ4n) is 3.94. The largest absolute Gasteiger partial charge is 0.457 e. The van der Waals surface area contributed by atoms with Gasteiger partial charge in [0.05, 0.1) is 17.8 Å². The molecule has 3 aromatic heterocycles. The van der Waals surface area contributed by atoms with Crippen molar-refractivity contribution in [1.82, 2.24) is 25.0 Å². The fourth-order valence-corrected chi connectivity index (χ4v) is 4.22. The standard InChI is InChI=1S/C24H26ClN5O4/c1-15(18-4-3-9-26-24(18)25)34-22(32)13-20-23(28-29-30(20)2)19-6-5-17(14-27-19)21(31)12-16-7-10-33-11-8-16/h3-6,9,14-16H,7-8,10-13H2,1-2H3/t15-/m1/s1. The molecule has 10 heteroatoms. The van der Waals surface area contributed by atoms with Crippen molar-refractivity contribution in [3.63, 3.8) is 0 Å². The molecule has 4 rings (SSSR count). The third-order valence-electron chi connectivity index (χ3n) is 5.93. The molecule has 3 aromatic rings. The lowest BCUT2D eigenvalue weighted by molar-refractivity contribution is -0.147. The first kappa shape index (κ1) is 24.0. The molecule has 0 amide bonds. The van der Waals surface area contributed by atoms with Crippen LogP contribution in [0.25, 0.3) is 11.4 Å². The van der Waals surface area contributed by atoms with E-state index in [1.165, 1.54) is 4.68 Å². The molecule has 4 heterocycles. The summed E-state index contributed by atoms with van der Waals surface area (Å²) < 4.78 is 12.4. The number of aryl methyl sites for hydroxylation is 1. The molecule has 0 bridgehead atoms. The molecule has 0 aromatic carbocycles. The number of carbonyl (C=O) groups excluding carboxylic acids is 2. The first-order valence-electron chi connectivity index (χ1n) is 11.2. The molecule has 1 saturated heterocycles. The van der Waals surface area contributed by atoms with Gasteiger partial charge in [0, 0.05) is 50.2 Å². The van der Waals surface area contributed by atoms with Gasteiger partial charge < -0.3 is 9.47 Å². The maximum atomic E-state index is 12.6. The number of halogens is 1. The van der Waals surface area contributed by atoms with Gasteiger partial charge in [0.1, 0.15) is 17.0 Å². The number of rotatable bonds is 8. The highest BCUT2D eigenvalue weighted by Gasteiger charge is 2.22. The van der Waals surface area contributed by atoms with Gasteiger partial charge in [-0.1, -0.05) is 22.9 Å². The Morgan fingerprint density at radius 2 is 2.03 bits per heavy atom. The van der Waals surface area contributed by atoms with Crippen molar-refractivity contribution in [3.05, 3.63) is 58.6 Å². The molecule has 1 fully saturated rings. The number of Topliss-reactive ketones (excluding diaryl/α,β-unsaturated/α-hetero) is 1. The molecule has 0 aliphatic carbocycles. The molecule has 0 radical (unpaired) electrons. The molecule has 0 N–H and O–H groups in total. The topological polar surface area (TPSA) is 109 Å². The van der Waals surface area contributed by atoms with Crippen molar-refractivity contribution in [3.8, 4) is 11.4 Å². The van der Waals surface area contributed by atoms with E-state index in [9.17, 15) is 9.59 Å². The number of ketones is 1. The number of esters is 1. The maximum Gasteiger partial charge on any atom is 0.312 e. The van der Waals surface area contributed by atoms with Crippen LogP contribution in [0.2, 0.25) is 5.15 Å². The number of aromatic nitrogens is 5. The van der Waals surface area contributed by atoms with Gasteiger partial charge in [-0.25, -0.2) is 4.98 Å². The minimum atomic E-state index is -0.558. The molecule has 0 saturated carbocycles. The molecule has 34 heavy (non-hydrogen) atoms. The van der Waals surface area contributed by atoms with Crippen LogP contribution >= 0.6 is 11.6 Å². The van der Waals surface area contributed by atoms with Crippen molar-refractivity contribution < 1.29 is 19.1 Å². The second-order valence-corrected chi connectivity index (χ2v) is 8.67. The van der Waals surface area contributed by atoms with Gasteiger partial charge in [-0.15, -0.1) is 5.10 Å². The smallest absolute Gasteiger partial charge is 0.312 e. The third-order valence-corrected chi connectivity index (χ3v) is 6.25. The zero-order chi connectivity index (χ0) is 24.1. The molecule has 0 unspecified atom stereocenters. The Morgan fingerprint density at radius 3 is 2.74 bits per heavy atom. The predicted molar refractivity (Wildman–Crippen MR) is 124 cm³/mol. The lowest BCUT2D eigenvalue weighted by Crippen LogP contribution is -2.18. The Bertz CT molecular complexity index is 1160. The van der Waals surface area contributed by atoms with E-state index < -0.39 is 12.1 Å². The van der Waals surface area contributed by atoms with Gasteiger partial charge in [0.2, 0.25) is 0 Å². The quantitative estimate of drug-likeness (QED) is 0.270. The molecule has 9 nitrogen and oxygen atoms in total. The lowest BCUT2D eigenvalue weighted by atomic mass is 9.92. The second kappa shape index (κ2) is 10.8. The lowest BCUT2D eigenvalue weighted by Gasteiger charge is -2.21. The van der Waals surface area contributed by atoms with Gasteiger partial charge in [0.15, 0.2) is 5.78 Å². The van der Waals surface area contributed by atoms with Gasteiger partial charge in [0.25, 0.3) is 0 Å². The fraction of sp³-hybridized carbons (Fsp3) is 0.417. The highest BCUT2D eigenvalue weighted by atomic mass is 35.5. The average molecular weight is 484 g/mol. The van der Waals surface area contributed by atoms with Crippen molar-refractivity contribution in [2.24, 2.45) is 13.0 Å². The van der Waals surface area contributed by atoms with E-state index in [-0.39, 0.29) is 12.2 Å². The van der Waals surface area contributed by atoms with E-state index >= 15 is 0 Å². The summed E-state index contributed by atoms with van der Waals surface area (Å²) in [4.78, 5) is 33.7. The Balaban J connectivity index is 1.43. The van der Waals surface area contributed by atoms with Gasteiger partial charge in [-0.3, -0.25) is 19.3 Å². The first-order chi connectivity index (χ1) is 16.4. The minimum absolute atomic E-state index is 0.0484. The molecule has 1 atom stereocenters. The Morgan fingerprint density at radius 1 is 1.24 bits per heavy atom. The molecular weight excluding hydrogens is 458 g/mol.